The van der Waals surface area contributed by atoms with E-state index in [-0.39, 0.29) is 17.6 Å². The number of allylic oxidation sites excluding steroid dienone is 1. The number of likely N-dealkylation sites (N-methyl/N-ethyl adjacent to an activating group) is 1. The minimum Gasteiger partial charge on any atom is -0.484 e. The number of hydrogen-bond donors (Lipinski definition) is 0. The van der Waals surface area contributed by atoms with E-state index in [2.05, 4.69) is 16.9 Å². The number of aliphatic imine (C=N–C) groups is 1. The molecule has 1 atom stereocenters. The SMILES string of the molecule is COC1=NC2=C(c3cc(-c4ccc(F)cn4)ccc3CN(C)C2=O)C(C)C1. The van der Waals surface area contributed by atoms with Gasteiger partial charge in [-0.1, -0.05) is 19.1 Å². The van der Waals surface area contributed by atoms with Crippen LogP contribution in [0.3, 0.4) is 0 Å². The summed E-state index contributed by atoms with van der Waals surface area (Å²) < 4.78 is 18.5. The smallest absolute Gasteiger partial charge is 0.272 e. The van der Waals surface area contributed by atoms with Gasteiger partial charge in [0, 0.05) is 25.6 Å². The molecule has 0 aliphatic carbocycles. The number of fused-ring (bicyclic) bond motifs is 2. The second-order valence-electron chi connectivity index (χ2n) is 6.97. The average molecular weight is 365 g/mol. The fraction of sp³-hybridized carbons (Fsp3) is 0.286. The Bertz CT molecular complexity index is 979. The van der Waals surface area contributed by atoms with E-state index in [0.29, 0.717) is 30.3 Å². The maximum Gasteiger partial charge on any atom is 0.272 e. The van der Waals surface area contributed by atoms with E-state index < -0.39 is 0 Å². The zero-order chi connectivity index (χ0) is 19.1. The van der Waals surface area contributed by atoms with Crippen molar-refractivity contribution in [1.29, 1.82) is 0 Å². The first-order valence-corrected chi connectivity index (χ1v) is 8.84. The molecule has 1 aromatic heterocycles. The van der Waals surface area contributed by atoms with Crippen molar-refractivity contribution in [2.75, 3.05) is 14.2 Å². The molecule has 0 spiro atoms. The van der Waals surface area contributed by atoms with Crippen molar-refractivity contribution in [2.45, 2.75) is 19.9 Å². The molecular weight excluding hydrogens is 345 g/mol. The molecule has 1 aromatic carbocycles. The van der Waals surface area contributed by atoms with E-state index >= 15 is 0 Å². The Hall–Kier alpha value is -3.02. The van der Waals surface area contributed by atoms with Gasteiger partial charge < -0.3 is 9.64 Å². The normalized spacial score (nSPS) is 19.3. The number of pyridine rings is 1. The first kappa shape index (κ1) is 17.4. The summed E-state index contributed by atoms with van der Waals surface area (Å²) in [7, 11) is 3.35. The van der Waals surface area contributed by atoms with Gasteiger partial charge in [0.25, 0.3) is 5.91 Å². The van der Waals surface area contributed by atoms with Crippen molar-refractivity contribution in [2.24, 2.45) is 10.9 Å². The quantitative estimate of drug-likeness (QED) is 0.775. The fourth-order valence-electron chi connectivity index (χ4n) is 3.69. The summed E-state index contributed by atoms with van der Waals surface area (Å²) in [5.74, 6) is 0.192. The van der Waals surface area contributed by atoms with E-state index in [9.17, 15) is 9.18 Å². The molecular formula is C21H20FN3O2. The van der Waals surface area contributed by atoms with Crippen LogP contribution in [0.1, 0.15) is 24.5 Å². The molecule has 5 nitrogen and oxygen atoms in total. The predicted molar refractivity (Wildman–Crippen MR) is 101 cm³/mol. The van der Waals surface area contributed by atoms with Crippen molar-refractivity contribution >= 4 is 17.4 Å². The van der Waals surface area contributed by atoms with Gasteiger partial charge in [-0.05, 0) is 40.8 Å². The predicted octanol–water partition coefficient (Wildman–Crippen LogP) is 3.66. The van der Waals surface area contributed by atoms with E-state index in [1.54, 1.807) is 25.1 Å². The summed E-state index contributed by atoms with van der Waals surface area (Å²) >= 11 is 0. The van der Waals surface area contributed by atoms with Crippen LogP contribution < -0.4 is 0 Å². The second kappa shape index (κ2) is 6.61. The van der Waals surface area contributed by atoms with Crippen molar-refractivity contribution in [3.8, 4) is 11.3 Å². The van der Waals surface area contributed by atoms with Gasteiger partial charge in [-0.3, -0.25) is 9.78 Å². The van der Waals surface area contributed by atoms with E-state index in [4.69, 9.17) is 4.74 Å². The molecule has 0 fully saturated rings. The van der Waals surface area contributed by atoms with Crippen LogP contribution in [0, 0.1) is 11.7 Å². The van der Waals surface area contributed by atoms with Gasteiger partial charge in [-0.15, -0.1) is 0 Å². The molecule has 138 valence electrons. The Morgan fingerprint density at radius 1 is 1.26 bits per heavy atom. The van der Waals surface area contributed by atoms with Gasteiger partial charge >= 0.3 is 0 Å². The summed E-state index contributed by atoms with van der Waals surface area (Å²) in [6.07, 6.45) is 1.85. The van der Waals surface area contributed by atoms with E-state index in [0.717, 1.165) is 22.3 Å². The number of benzene rings is 1. The highest BCUT2D eigenvalue weighted by Crippen LogP contribution is 2.40. The zero-order valence-electron chi connectivity index (χ0n) is 15.5. The Balaban J connectivity index is 1.92. The third-order valence-corrected chi connectivity index (χ3v) is 5.08. The van der Waals surface area contributed by atoms with Crippen LogP contribution in [-0.2, 0) is 16.1 Å². The van der Waals surface area contributed by atoms with Gasteiger partial charge in [-0.25, -0.2) is 9.38 Å². The second-order valence-corrected chi connectivity index (χ2v) is 6.97. The van der Waals surface area contributed by atoms with Gasteiger partial charge in [-0.2, -0.15) is 0 Å². The van der Waals surface area contributed by atoms with Crippen molar-refractivity contribution in [1.82, 2.24) is 9.88 Å². The molecule has 0 radical (unpaired) electrons. The summed E-state index contributed by atoms with van der Waals surface area (Å²) in [6.45, 7) is 2.58. The van der Waals surface area contributed by atoms with Crippen LogP contribution in [-0.4, -0.2) is 35.8 Å². The number of nitrogens with zero attached hydrogens (tertiary/aromatic N) is 3. The molecule has 0 saturated heterocycles. The summed E-state index contributed by atoms with van der Waals surface area (Å²) in [4.78, 5) is 23.2. The minimum atomic E-state index is -0.368. The maximum atomic E-state index is 13.2. The van der Waals surface area contributed by atoms with Crippen molar-refractivity contribution in [3.63, 3.8) is 0 Å². The first-order chi connectivity index (χ1) is 13.0. The molecule has 0 bridgehead atoms. The standard InChI is InChI=1S/C21H20FN3O2/c1-12-8-18(27-3)24-20-19(12)16-9-13(17-7-6-15(22)10-23-17)4-5-14(16)11-25(2)21(20)26/h4-7,9-10,12H,8,11H2,1-3H3. The molecule has 2 aliphatic heterocycles. The molecule has 0 N–H and O–H groups in total. The van der Waals surface area contributed by atoms with Crippen LogP contribution in [0.4, 0.5) is 4.39 Å². The average Bonchev–Trinajstić information content (AvgIpc) is 2.77. The Morgan fingerprint density at radius 2 is 2.07 bits per heavy atom. The summed E-state index contributed by atoms with van der Waals surface area (Å²) in [5, 5.41) is 0. The largest absolute Gasteiger partial charge is 0.484 e. The number of hydrogen-bond acceptors (Lipinski definition) is 4. The zero-order valence-corrected chi connectivity index (χ0v) is 15.5. The Morgan fingerprint density at radius 3 is 2.78 bits per heavy atom. The molecule has 2 aromatic rings. The monoisotopic (exact) mass is 365 g/mol. The lowest BCUT2D eigenvalue weighted by atomic mass is 9.85. The third-order valence-electron chi connectivity index (χ3n) is 5.08. The van der Waals surface area contributed by atoms with Gasteiger partial charge in [0.1, 0.15) is 11.5 Å². The highest BCUT2D eigenvalue weighted by Gasteiger charge is 2.33. The number of rotatable bonds is 1. The van der Waals surface area contributed by atoms with Gasteiger partial charge in [0.05, 0.1) is 19.0 Å². The number of carbonyl (C=O) groups is 1. The van der Waals surface area contributed by atoms with Gasteiger partial charge in [0.2, 0.25) is 0 Å². The number of halogens is 1. The molecule has 6 heteroatoms. The van der Waals surface area contributed by atoms with E-state index in [1.165, 1.54) is 12.3 Å². The van der Waals surface area contributed by atoms with E-state index in [1.807, 2.05) is 18.2 Å². The lowest BCUT2D eigenvalue weighted by molar-refractivity contribution is -0.126. The molecule has 2 aliphatic rings. The molecule has 4 rings (SSSR count). The van der Waals surface area contributed by atoms with Crippen LogP contribution in [0.15, 0.2) is 47.2 Å². The lowest BCUT2D eigenvalue weighted by Crippen LogP contribution is -2.28. The summed E-state index contributed by atoms with van der Waals surface area (Å²) in [6, 6.07) is 9.05. The maximum absolute atomic E-state index is 13.2. The highest BCUT2D eigenvalue weighted by molar-refractivity contribution is 6.06. The summed E-state index contributed by atoms with van der Waals surface area (Å²) in [5.41, 5.74) is 5.00. The number of amides is 1. The van der Waals surface area contributed by atoms with Crippen LogP contribution in [0.5, 0.6) is 0 Å². The Labute approximate surface area is 157 Å². The van der Waals surface area contributed by atoms with Crippen LogP contribution in [0.2, 0.25) is 0 Å². The molecule has 1 unspecified atom stereocenters. The first-order valence-electron chi connectivity index (χ1n) is 8.84. The number of carbonyl (C=O) groups excluding carboxylic acids is 1. The van der Waals surface area contributed by atoms with Crippen molar-refractivity contribution in [3.05, 3.63) is 59.2 Å². The van der Waals surface area contributed by atoms with Crippen LogP contribution >= 0.6 is 0 Å². The number of aromatic nitrogens is 1. The fourth-order valence-corrected chi connectivity index (χ4v) is 3.69. The molecule has 0 saturated carbocycles. The lowest BCUT2D eigenvalue weighted by Gasteiger charge is -2.24. The highest BCUT2D eigenvalue weighted by atomic mass is 19.1. The minimum absolute atomic E-state index is 0.0954. The van der Waals surface area contributed by atoms with Crippen molar-refractivity contribution < 1.29 is 13.9 Å². The topological polar surface area (TPSA) is 54.8 Å². The number of ether oxygens (including phenoxy) is 1. The molecule has 3 heterocycles. The molecule has 1 amide bonds. The Kier molecular flexibility index (Phi) is 4.26. The third kappa shape index (κ3) is 3.01. The molecule has 27 heavy (non-hydrogen) atoms. The number of methoxy groups -OCH3 is 1. The van der Waals surface area contributed by atoms with Gasteiger partial charge in [0.15, 0.2) is 5.90 Å². The van der Waals surface area contributed by atoms with Crippen LogP contribution in [0.25, 0.3) is 16.8 Å².